The molecular weight excluding hydrogens is 306 g/mol. The zero-order valence-corrected chi connectivity index (χ0v) is 13.4. The van der Waals surface area contributed by atoms with Gasteiger partial charge in [0.1, 0.15) is 0 Å². The molecule has 24 heavy (non-hydrogen) atoms. The van der Waals surface area contributed by atoms with Gasteiger partial charge in [0.05, 0.1) is 11.3 Å². The van der Waals surface area contributed by atoms with Gasteiger partial charge in [-0.15, -0.1) is 0 Å². The van der Waals surface area contributed by atoms with Crippen LogP contribution in [0.3, 0.4) is 0 Å². The Morgan fingerprint density at radius 2 is 1.62 bits per heavy atom. The lowest BCUT2D eigenvalue weighted by atomic mass is 10.1. The molecule has 2 aromatic rings. The van der Waals surface area contributed by atoms with Crippen LogP contribution in [0.15, 0.2) is 48.5 Å². The average molecular weight is 327 g/mol. The van der Waals surface area contributed by atoms with Crippen molar-refractivity contribution in [2.45, 2.75) is 25.7 Å². The second kappa shape index (κ2) is 8.67. The number of nitrogens with one attached hydrogen (secondary N) is 1. The quantitative estimate of drug-likeness (QED) is 0.337. The van der Waals surface area contributed by atoms with E-state index >= 15 is 0 Å². The fraction of sp³-hybridized carbons (Fsp3) is 0.278. The Bertz CT molecular complexity index is 682. The molecule has 0 radical (unpaired) electrons. The molecule has 0 saturated carbocycles. The van der Waals surface area contributed by atoms with Gasteiger partial charge >= 0.3 is 0 Å². The molecule has 0 spiro atoms. The zero-order valence-electron chi connectivity index (χ0n) is 13.4. The Morgan fingerprint density at radius 3 is 2.25 bits per heavy atom. The van der Waals surface area contributed by atoms with E-state index in [-0.39, 0.29) is 11.6 Å². The van der Waals surface area contributed by atoms with Crippen molar-refractivity contribution in [3.05, 3.63) is 69.8 Å². The minimum absolute atomic E-state index is 0.00453. The van der Waals surface area contributed by atoms with E-state index in [2.05, 4.69) is 5.32 Å². The van der Waals surface area contributed by atoms with Crippen LogP contribution in [0.1, 0.15) is 24.0 Å². The van der Waals surface area contributed by atoms with Crippen LogP contribution in [0.25, 0.3) is 0 Å². The molecule has 2 aromatic carbocycles. The van der Waals surface area contributed by atoms with E-state index in [1.807, 2.05) is 12.1 Å². The number of anilines is 1. The second-order valence-corrected chi connectivity index (χ2v) is 5.65. The summed E-state index contributed by atoms with van der Waals surface area (Å²) < 4.78 is 0. The molecule has 1 amide bonds. The SMILES string of the molecule is Nc1ccc(CC(=O)NCCCCc2ccc([N+](=O)[O-])cc2)cc1. The maximum atomic E-state index is 11.8. The largest absolute Gasteiger partial charge is 0.399 e. The lowest BCUT2D eigenvalue weighted by molar-refractivity contribution is -0.384. The van der Waals surface area contributed by atoms with Crippen molar-refractivity contribution in [3.8, 4) is 0 Å². The number of non-ortho nitro benzene ring substituents is 1. The number of carbonyl (C=O) groups excluding carboxylic acids is 1. The molecule has 3 N–H and O–H groups in total. The Hall–Kier alpha value is -2.89. The van der Waals surface area contributed by atoms with Gasteiger partial charge in [-0.3, -0.25) is 14.9 Å². The van der Waals surface area contributed by atoms with E-state index in [0.29, 0.717) is 18.7 Å². The van der Waals surface area contributed by atoms with Gasteiger partial charge in [0.25, 0.3) is 5.69 Å². The number of amides is 1. The maximum absolute atomic E-state index is 11.8. The molecule has 0 aliphatic carbocycles. The fourth-order valence-corrected chi connectivity index (χ4v) is 2.35. The van der Waals surface area contributed by atoms with Gasteiger partial charge in [-0.05, 0) is 42.5 Å². The molecule has 6 nitrogen and oxygen atoms in total. The highest BCUT2D eigenvalue weighted by molar-refractivity contribution is 5.78. The van der Waals surface area contributed by atoms with Gasteiger partial charge in [-0.1, -0.05) is 24.3 Å². The standard InChI is InChI=1S/C18H21N3O3/c19-16-8-4-15(5-9-16)13-18(22)20-12-2-1-3-14-6-10-17(11-7-14)21(23)24/h4-11H,1-3,12-13,19H2,(H,20,22). The van der Waals surface area contributed by atoms with Gasteiger partial charge in [0.15, 0.2) is 0 Å². The lowest BCUT2D eigenvalue weighted by Gasteiger charge is -2.06. The lowest BCUT2D eigenvalue weighted by Crippen LogP contribution is -2.26. The zero-order chi connectivity index (χ0) is 17.4. The van der Waals surface area contributed by atoms with Crippen molar-refractivity contribution >= 4 is 17.3 Å². The van der Waals surface area contributed by atoms with E-state index in [4.69, 9.17) is 5.73 Å². The molecule has 0 saturated heterocycles. The van der Waals surface area contributed by atoms with Crippen molar-refractivity contribution in [2.24, 2.45) is 0 Å². The number of nitro benzene ring substituents is 1. The van der Waals surface area contributed by atoms with Crippen molar-refractivity contribution in [3.63, 3.8) is 0 Å². The summed E-state index contributed by atoms with van der Waals surface area (Å²) in [5.41, 5.74) is 8.40. The first-order valence-corrected chi connectivity index (χ1v) is 7.89. The minimum atomic E-state index is -0.402. The van der Waals surface area contributed by atoms with E-state index in [0.717, 1.165) is 30.4 Å². The Kier molecular flexibility index (Phi) is 6.31. The van der Waals surface area contributed by atoms with Crippen LogP contribution in [-0.2, 0) is 17.6 Å². The number of unbranched alkanes of at least 4 members (excludes halogenated alkanes) is 1. The summed E-state index contributed by atoms with van der Waals surface area (Å²) in [6.45, 7) is 0.626. The Morgan fingerprint density at radius 1 is 1.00 bits per heavy atom. The van der Waals surface area contributed by atoms with E-state index in [1.54, 1.807) is 24.3 Å². The van der Waals surface area contributed by atoms with Gasteiger partial charge < -0.3 is 11.1 Å². The van der Waals surface area contributed by atoms with E-state index < -0.39 is 4.92 Å². The van der Waals surface area contributed by atoms with Crippen molar-refractivity contribution in [1.29, 1.82) is 0 Å². The molecule has 0 unspecified atom stereocenters. The van der Waals surface area contributed by atoms with Crippen LogP contribution in [0.2, 0.25) is 0 Å². The Labute approximate surface area is 140 Å². The number of hydrogen-bond acceptors (Lipinski definition) is 4. The topological polar surface area (TPSA) is 98.3 Å². The van der Waals surface area contributed by atoms with Crippen LogP contribution in [0, 0.1) is 10.1 Å². The predicted octanol–water partition coefficient (Wildman–Crippen LogP) is 2.86. The third-order valence-electron chi connectivity index (χ3n) is 3.71. The molecule has 6 heteroatoms. The highest BCUT2D eigenvalue weighted by atomic mass is 16.6. The summed E-state index contributed by atoms with van der Waals surface area (Å²) in [5, 5.41) is 13.5. The van der Waals surface area contributed by atoms with Gasteiger partial charge in [-0.25, -0.2) is 0 Å². The first-order valence-electron chi connectivity index (χ1n) is 7.89. The molecule has 0 fully saturated rings. The number of carbonyl (C=O) groups is 1. The monoisotopic (exact) mass is 327 g/mol. The molecule has 0 bridgehead atoms. The summed E-state index contributed by atoms with van der Waals surface area (Å²) >= 11 is 0. The Balaban J connectivity index is 1.63. The number of nitrogens with zero attached hydrogens (tertiary/aromatic N) is 1. The number of rotatable bonds is 8. The highest BCUT2D eigenvalue weighted by Gasteiger charge is 2.04. The first-order chi connectivity index (χ1) is 11.5. The molecule has 0 atom stereocenters. The third kappa shape index (κ3) is 5.72. The summed E-state index contributed by atoms with van der Waals surface area (Å²) in [6.07, 6.45) is 2.97. The number of benzene rings is 2. The van der Waals surface area contributed by atoms with Crippen LogP contribution < -0.4 is 11.1 Å². The number of hydrogen-bond donors (Lipinski definition) is 2. The van der Waals surface area contributed by atoms with Gasteiger partial charge in [0.2, 0.25) is 5.91 Å². The van der Waals surface area contributed by atoms with E-state index in [1.165, 1.54) is 12.1 Å². The van der Waals surface area contributed by atoms with Crippen LogP contribution in [0.4, 0.5) is 11.4 Å². The summed E-state index contributed by atoms with van der Waals surface area (Å²) in [7, 11) is 0. The molecule has 126 valence electrons. The number of nitrogen functional groups attached to an aromatic ring is 1. The van der Waals surface area contributed by atoms with Crippen molar-refractivity contribution in [1.82, 2.24) is 5.32 Å². The molecular formula is C18H21N3O3. The number of nitro groups is 1. The minimum Gasteiger partial charge on any atom is -0.399 e. The van der Waals surface area contributed by atoms with Crippen molar-refractivity contribution < 1.29 is 9.72 Å². The smallest absolute Gasteiger partial charge is 0.269 e. The summed E-state index contributed by atoms with van der Waals surface area (Å²) in [5.74, 6) is -0.00453. The average Bonchev–Trinajstić information content (AvgIpc) is 2.57. The molecule has 0 aromatic heterocycles. The molecule has 0 aliphatic rings. The first kappa shape index (κ1) is 17.5. The van der Waals surface area contributed by atoms with E-state index in [9.17, 15) is 14.9 Å². The van der Waals surface area contributed by atoms with Gasteiger partial charge in [0, 0.05) is 24.4 Å². The molecule has 2 rings (SSSR count). The predicted molar refractivity (Wildman–Crippen MR) is 93.6 cm³/mol. The number of nitrogens with two attached hydrogens (primary N) is 1. The second-order valence-electron chi connectivity index (χ2n) is 5.65. The van der Waals surface area contributed by atoms with Gasteiger partial charge in [-0.2, -0.15) is 0 Å². The maximum Gasteiger partial charge on any atom is 0.269 e. The van der Waals surface area contributed by atoms with Crippen LogP contribution >= 0.6 is 0 Å². The molecule has 0 aliphatic heterocycles. The van der Waals surface area contributed by atoms with Crippen LogP contribution in [-0.4, -0.2) is 17.4 Å². The number of aryl methyl sites for hydroxylation is 1. The normalized spacial score (nSPS) is 10.3. The summed E-state index contributed by atoms with van der Waals surface area (Å²) in [6, 6.07) is 13.9. The highest BCUT2D eigenvalue weighted by Crippen LogP contribution is 2.13. The van der Waals surface area contributed by atoms with Crippen molar-refractivity contribution in [2.75, 3.05) is 12.3 Å². The summed E-state index contributed by atoms with van der Waals surface area (Å²) in [4.78, 5) is 22.0. The fourth-order valence-electron chi connectivity index (χ4n) is 2.35. The third-order valence-corrected chi connectivity index (χ3v) is 3.71. The molecule has 0 heterocycles. The van der Waals surface area contributed by atoms with Crippen LogP contribution in [0.5, 0.6) is 0 Å².